The minimum atomic E-state index is -0.316. The van der Waals surface area contributed by atoms with Crippen LogP contribution in [-0.2, 0) is 0 Å². The highest BCUT2D eigenvalue weighted by Gasteiger charge is 2.15. The van der Waals surface area contributed by atoms with Crippen LogP contribution >= 0.6 is 12.4 Å². The minimum absolute atomic E-state index is 0. The lowest BCUT2D eigenvalue weighted by atomic mass is 10.1. The van der Waals surface area contributed by atoms with Crippen molar-refractivity contribution in [1.82, 2.24) is 0 Å². The Bertz CT molecular complexity index is 237. The van der Waals surface area contributed by atoms with Crippen molar-refractivity contribution in [2.24, 2.45) is 21.6 Å². The topological polar surface area (TPSA) is 74.5 Å². The molecule has 2 N–H and O–H groups in total. The number of halogens is 1. The summed E-state index contributed by atoms with van der Waals surface area (Å²) in [7, 11) is 0. The second kappa shape index (κ2) is 3.94. The lowest BCUT2D eigenvalue weighted by Crippen LogP contribution is -2.28. The van der Waals surface area contributed by atoms with Gasteiger partial charge in [0.15, 0.2) is 0 Å². The number of nitrogens with two attached hydrogens (primary N) is 1. The molecule has 60 valence electrons. The lowest BCUT2D eigenvalue weighted by Gasteiger charge is -2.09. The van der Waals surface area contributed by atoms with E-state index < -0.39 is 0 Å². The van der Waals surface area contributed by atoms with Crippen LogP contribution in [0.1, 0.15) is 6.92 Å². The minimum Gasteiger partial charge on any atom is -0.386 e. The molecule has 0 aromatic carbocycles. The molecular weight excluding hydrogens is 164 g/mol. The highest BCUT2D eigenvalue weighted by atomic mass is 35.5. The normalized spacial score (nSPS) is 22.4. The fraction of sp³-hybridized carbons (Fsp3) is 0.500. The summed E-state index contributed by atoms with van der Waals surface area (Å²) in [6.45, 7) is 2.22. The number of nitrogens with zero attached hydrogens (tertiary/aromatic N) is 3. The van der Waals surface area contributed by atoms with Crippen LogP contribution in [0, 0.1) is 17.2 Å². The Hall–Kier alpha value is -1.08. The van der Waals surface area contributed by atoms with Crippen LogP contribution in [0.15, 0.2) is 9.98 Å². The van der Waals surface area contributed by atoms with Gasteiger partial charge >= 0.3 is 0 Å². The zero-order valence-corrected chi connectivity index (χ0v) is 6.93. The monoisotopic (exact) mass is 172 g/mol. The number of aliphatic imine (C=N–C) groups is 2. The molecule has 0 fully saturated rings. The fourth-order valence-corrected chi connectivity index (χ4v) is 0.724. The first kappa shape index (κ1) is 9.92. The quantitative estimate of drug-likeness (QED) is 0.572. The van der Waals surface area contributed by atoms with Crippen LogP contribution in [-0.4, -0.2) is 18.2 Å². The van der Waals surface area contributed by atoms with Gasteiger partial charge < -0.3 is 5.73 Å². The van der Waals surface area contributed by atoms with Gasteiger partial charge in [-0.25, -0.2) is 4.99 Å². The average molecular weight is 173 g/mol. The SMILES string of the molecule is CC1=NCC(C#N)C(N)=N1.Cl. The summed E-state index contributed by atoms with van der Waals surface area (Å²) in [6, 6.07) is 2.01. The third-order valence-corrected chi connectivity index (χ3v) is 1.31. The van der Waals surface area contributed by atoms with Crippen LogP contribution in [0.4, 0.5) is 0 Å². The fourth-order valence-electron chi connectivity index (χ4n) is 0.724. The Morgan fingerprint density at radius 1 is 1.73 bits per heavy atom. The van der Waals surface area contributed by atoms with Crippen molar-refractivity contribution in [3.63, 3.8) is 0 Å². The molecule has 5 heteroatoms. The number of hydrogen-bond donors (Lipinski definition) is 1. The van der Waals surface area contributed by atoms with Crippen molar-refractivity contribution in [3.8, 4) is 6.07 Å². The van der Waals surface area contributed by atoms with Crippen LogP contribution in [0.5, 0.6) is 0 Å². The van der Waals surface area contributed by atoms with Gasteiger partial charge in [0.1, 0.15) is 17.6 Å². The molecule has 11 heavy (non-hydrogen) atoms. The molecule has 1 rings (SSSR count). The van der Waals surface area contributed by atoms with E-state index in [1.807, 2.05) is 6.07 Å². The molecule has 1 aliphatic heterocycles. The molecule has 0 radical (unpaired) electrons. The Morgan fingerprint density at radius 2 is 2.36 bits per heavy atom. The third kappa shape index (κ3) is 2.20. The van der Waals surface area contributed by atoms with Gasteiger partial charge in [0, 0.05) is 0 Å². The molecule has 0 spiro atoms. The van der Waals surface area contributed by atoms with E-state index in [4.69, 9.17) is 11.0 Å². The lowest BCUT2D eigenvalue weighted by molar-refractivity contribution is 0.850. The highest BCUT2D eigenvalue weighted by molar-refractivity contribution is 5.99. The van der Waals surface area contributed by atoms with E-state index in [0.29, 0.717) is 18.2 Å². The predicted octanol–water partition coefficient (Wildman–Crippen LogP) is 0.337. The molecule has 0 aromatic rings. The maximum absolute atomic E-state index is 8.47. The van der Waals surface area contributed by atoms with Crippen LogP contribution < -0.4 is 5.73 Å². The summed E-state index contributed by atoms with van der Waals surface area (Å²) in [5.74, 6) is 0.725. The number of hydrogen-bond acceptors (Lipinski definition) is 4. The molecule has 0 amide bonds. The smallest absolute Gasteiger partial charge is 0.123 e. The first-order chi connectivity index (χ1) is 4.74. The number of amidine groups is 2. The second-order valence-electron chi connectivity index (χ2n) is 2.11. The number of nitriles is 1. The average Bonchev–Trinajstić information content (AvgIpc) is 1.88. The van der Waals surface area contributed by atoms with E-state index in [9.17, 15) is 0 Å². The van der Waals surface area contributed by atoms with Gasteiger partial charge in [0.25, 0.3) is 0 Å². The van der Waals surface area contributed by atoms with E-state index >= 15 is 0 Å². The van der Waals surface area contributed by atoms with E-state index in [-0.39, 0.29) is 18.3 Å². The third-order valence-electron chi connectivity index (χ3n) is 1.31. The molecule has 1 unspecified atom stereocenters. The predicted molar refractivity (Wildman–Crippen MR) is 45.9 cm³/mol. The zero-order chi connectivity index (χ0) is 7.56. The molecule has 0 saturated carbocycles. The van der Waals surface area contributed by atoms with Gasteiger partial charge in [0.2, 0.25) is 0 Å². The van der Waals surface area contributed by atoms with Crippen molar-refractivity contribution < 1.29 is 0 Å². The molecule has 4 nitrogen and oxygen atoms in total. The maximum Gasteiger partial charge on any atom is 0.123 e. The summed E-state index contributed by atoms with van der Waals surface area (Å²) in [6.07, 6.45) is 0. The Labute approximate surface area is 71.2 Å². The van der Waals surface area contributed by atoms with Gasteiger partial charge in [0.05, 0.1) is 12.6 Å². The van der Waals surface area contributed by atoms with Crippen molar-refractivity contribution in [2.75, 3.05) is 6.54 Å². The molecule has 0 saturated heterocycles. The van der Waals surface area contributed by atoms with Gasteiger partial charge in [-0.2, -0.15) is 5.26 Å². The van der Waals surface area contributed by atoms with Crippen LogP contribution in [0.2, 0.25) is 0 Å². The molecule has 0 aromatic heterocycles. The van der Waals surface area contributed by atoms with Crippen molar-refractivity contribution >= 4 is 24.1 Å². The van der Waals surface area contributed by atoms with Gasteiger partial charge in [-0.15, -0.1) is 12.4 Å². The summed E-state index contributed by atoms with van der Waals surface area (Å²) < 4.78 is 0. The molecular formula is C6H9ClN4. The van der Waals surface area contributed by atoms with E-state index in [0.717, 1.165) is 0 Å². The van der Waals surface area contributed by atoms with E-state index in [2.05, 4.69) is 9.98 Å². The standard InChI is InChI=1S/C6H8N4.ClH/c1-4-9-3-5(2-7)6(8)10-4;/h5H,3H2,1H3,(H2,8,9,10);1H. The largest absolute Gasteiger partial charge is 0.386 e. The summed E-state index contributed by atoms with van der Waals surface area (Å²) in [5.41, 5.74) is 5.43. The van der Waals surface area contributed by atoms with Crippen LogP contribution in [0.3, 0.4) is 0 Å². The molecule has 1 aliphatic rings. The second-order valence-corrected chi connectivity index (χ2v) is 2.11. The van der Waals surface area contributed by atoms with Gasteiger partial charge in [-0.05, 0) is 6.92 Å². The van der Waals surface area contributed by atoms with Gasteiger partial charge in [-0.1, -0.05) is 0 Å². The Morgan fingerprint density at radius 3 is 2.82 bits per heavy atom. The first-order valence-corrected chi connectivity index (χ1v) is 2.98. The Kier molecular flexibility index (Phi) is 3.55. The summed E-state index contributed by atoms with van der Waals surface area (Å²) >= 11 is 0. The van der Waals surface area contributed by atoms with Crippen molar-refractivity contribution in [2.45, 2.75) is 6.92 Å². The maximum atomic E-state index is 8.47. The number of rotatable bonds is 0. The van der Waals surface area contributed by atoms with E-state index in [1.165, 1.54) is 0 Å². The van der Waals surface area contributed by atoms with E-state index in [1.54, 1.807) is 6.92 Å². The zero-order valence-electron chi connectivity index (χ0n) is 6.11. The van der Waals surface area contributed by atoms with Gasteiger partial charge in [-0.3, -0.25) is 4.99 Å². The molecule has 1 atom stereocenters. The molecule has 0 bridgehead atoms. The van der Waals surface area contributed by atoms with Crippen molar-refractivity contribution in [1.29, 1.82) is 5.26 Å². The van der Waals surface area contributed by atoms with Crippen molar-refractivity contribution in [3.05, 3.63) is 0 Å². The summed E-state index contributed by atoms with van der Waals surface area (Å²) in [4.78, 5) is 7.82. The molecule has 0 aliphatic carbocycles. The first-order valence-electron chi connectivity index (χ1n) is 2.98. The molecule has 1 heterocycles. The highest BCUT2D eigenvalue weighted by Crippen LogP contribution is 2.02. The Balaban J connectivity index is 0.000001000. The van der Waals surface area contributed by atoms with Crippen LogP contribution in [0.25, 0.3) is 0 Å². The summed E-state index contributed by atoms with van der Waals surface area (Å²) in [5, 5.41) is 8.47.